The van der Waals surface area contributed by atoms with Gasteiger partial charge >= 0.3 is 0 Å². The monoisotopic (exact) mass is 375 g/mol. The Labute approximate surface area is 163 Å². The summed E-state index contributed by atoms with van der Waals surface area (Å²) in [6.45, 7) is 1.67. The Morgan fingerprint density at radius 2 is 2.07 bits per heavy atom. The van der Waals surface area contributed by atoms with Crippen LogP contribution in [0.2, 0.25) is 0 Å². The Hall–Kier alpha value is -2.55. The van der Waals surface area contributed by atoms with E-state index in [4.69, 9.17) is 15.0 Å². The summed E-state index contributed by atoms with van der Waals surface area (Å²) in [5.41, 5.74) is 4.12. The van der Waals surface area contributed by atoms with E-state index in [2.05, 4.69) is 41.0 Å². The van der Waals surface area contributed by atoms with Crippen LogP contribution in [0, 0.1) is 11.3 Å². The Morgan fingerprint density at radius 3 is 2.85 bits per heavy atom. The molecule has 4 rings (SSSR count). The minimum Gasteiger partial charge on any atom is -0.376 e. The lowest BCUT2D eigenvalue weighted by molar-refractivity contribution is 0.0954. The Bertz CT molecular complexity index is 940. The average molecular weight is 375 g/mol. The predicted octanol–water partition coefficient (Wildman–Crippen LogP) is 4.89. The summed E-state index contributed by atoms with van der Waals surface area (Å²) in [5, 5.41) is 10.1. The van der Waals surface area contributed by atoms with Crippen molar-refractivity contribution in [2.24, 2.45) is 0 Å². The third-order valence-electron chi connectivity index (χ3n) is 4.72. The van der Waals surface area contributed by atoms with Gasteiger partial charge in [-0.3, -0.25) is 0 Å². The molecule has 0 aliphatic carbocycles. The van der Waals surface area contributed by atoms with Gasteiger partial charge in [-0.2, -0.15) is 5.26 Å². The lowest BCUT2D eigenvalue weighted by atomic mass is 10.1. The first-order chi connectivity index (χ1) is 13.3. The van der Waals surface area contributed by atoms with Crippen molar-refractivity contribution in [2.75, 3.05) is 6.61 Å². The third-order valence-corrected chi connectivity index (χ3v) is 5.78. The maximum absolute atomic E-state index is 9.09. The van der Waals surface area contributed by atoms with Crippen molar-refractivity contribution in [3.8, 4) is 17.3 Å². The number of hydrogen-bond donors (Lipinski definition) is 0. The number of hydrogen-bond acceptors (Lipinski definition) is 4. The van der Waals surface area contributed by atoms with Crippen molar-refractivity contribution >= 4 is 11.8 Å². The van der Waals surface area contributed by atoms with E-state index in [1.54, 1.807) is 11.8 Å². The molecular weight excluding hydrogens is 354 g/mol. The lowest BCUT2D eigenvalue weighted by Crippen LogP contribution is -2.16. The molecule has 5 heteroatoms. The van der Waals surface area contributed by atoms with Gasteiger partial charge in [-0.25, -0.2) is 4.98 Å². The van der Waals surface area contributed by atoms with Crippen molar-refractivity contribution in [1.82, 2.24) is 9.55 Å². The third kappa shape index (κ3) is 4.24. The number of rotatable bonds is 6. The van der Waals surface area contributed by atoms with Crippen LogP contribution in [-0.4, -0.2) is 22.3 Å². The molecule has 2 aromatic carbocycles. The smallest absolute Gasteiger partial charge is 0.168 e. The Kier molecular flexibility index (Phi) is 5.57. The molecule has 136 valence electrons. The molecule has 0 N–H and O–H groups in total. The molecule has 1 fully saturated rings. The molecule has 2 heterocycles. The molecule has 0 saturated carbocycles. The number of aromatic nitrogens is 2. The maximum Gasteiger partial charge on any atom is 0.168 e. The average Bonchev–Trinajstić information content (AvgIpc) is 3.38. The van der Waals surface area contributed by atoms with Crippen molar-refractivity contribution in [3.63, 3.8) is 0 Å². The first-order valence-electron chi connectivity index (χ1n) is 9.18. The molecule has 0 spiro atoms. The summed E-state index contributed by atoms with van der Waals surface area (Å²) in [6, 6.07) is 20.3. The van der Waals surface area contributed by atoms with E-state index in [-0.39, 0.29) is 6.10 Å². The molecule has 1 unspecified atom stereocenters. The largest absolute Gasteiger partial charge is 0.376 e. The van der Waals surface area contributed by atoms with E-state index >= 15 is 0 Å². The van der Waals surface area contributed by atoms with Crippen LogP contribution in [0.4, 0.5) is 0 Å². The molecule has 1 aromatic heterocycles. The highest BCUT2D eigenvalue weighted by Gasteiger charge is 2.20. The highest BCUT2D eigenvalue weighted by Crippen LogP contribution is 2.30. The van der Waals surface area contributed by atoms with Crippen LogP contribution < -0.4 is 0 Å². The summed E-state index contributed by atoms with van der Waals surface area (Å²) in [6.07, 6.45) is 4.44. The molecule has 4 nitrogen and oxygen atoms in total. The lowest BCUT2D eigenvalue weighted by Gasteiger charge is -2.16. The standard InChI is InChI=1S/C22H21N3OS/c23-13-17-6-4-7-18(12-17)16-27-22-24-14-21(19-8-2-1-3-9-19)25(22)15-20-10-5-11-26-20/h1-4,6-9,12,14,20H,5,10-11,15-16H2. The molecule has 3 aromatic rings. The highest BCUT2D eigenvalue weighted by molar-refractivity contribution is 7.98. The van der Waals surface area contributed by atoms with E-state index in [0.29, 0.717) is 5.56 Å². The summed E-state index contributed by atoms with van der Waals surface area (Å²) in [4.78, 5) is 4.70. The topological polar surface area (TPSA) is 50.8 Å². The second-order valence-electron chi connectivity index (χ2n) is 6.64. The quantitative estimate of drug-likeness (QED) is 0.576. The highest BCUT2D eigenvalue weighted by atomic mass is 32.2. The summed E-state index contributed by atoms with van der Waals surface area (Å²) in [5.74, 6) is 0.784. The van der Waals surface area contributed by atoms with Gasteiger partial charge in [0.05, 0.1) is 36.2 Å². The van der Waals surface area contributed by atoms with Gasteiger partial charge in [0, 0.05) is 12.4 Å². The van der Waals surface area contributed by atoms with Gasteiger partial charge in [-0.1, -0.05) is 54.2 Å². The fourth-order valence-electron chi connectivity index (χ4n) is 3.36. The molecule has 1 aliphatic rings. The molecule has 0 radical (unpaired) electrons. The van der Waals surface area contributed by atoms with Gasteiger partial charge < -0.3 is 9.30 Å². The van der Waals surface area contributed by atoms with Gasteiger partial charge in [0.25, 0.3) is 0 Å². The number of thioether (sulfide) groups is 1. The van der Waals surface area contributed by atoms with Crippen LogP contribution in [0.15, 0.2) is 66.0 Å². The summed E-state index contributed by atoms with van der Waals surface area (Å²) >= 11 is 1.71. The normalized spacial score (nSPS) is 16.3. The van der Waals surface area contributed by atoms with Crippen LogP contribution in [0.1, 0.15) is 24.0 Å². The van der Waals surface area contributed by atoms with Crippen molar-refractivity contribution in [1.29, 1.82) is 5.26 Å². The van der Waals surface area contributed by atoms with E-state index in [0.717, 1.165) is 48.2 Å². The van der Waals surface area contributed by atoms with E-state index in [9.17, 15) is 0 Å². The van der Waals surface area contributed by atoms with Gasteiger partial charge in [-0.15, -0.1) is 0 Å². The molecular formula is C22H21N3OS. The molecule has 0 amide bonds. The van der Waals surface area contributed by atoms with Crippen LogP contribution in [-0.2, 0) is 17.0 Å². The zero-order valence-corrected chi connectivity index (χ0v) is 15.9. The number of nitrogens with zero attached hydrogens (tertiary/aromatic N) is 3. The van der Waals surface area contributed by atoms with Crippen molar-refractivity contribution in [2.45, 2.75) is 36.4 Å². The summed E-state index contributed by atoms with van der Waals surface area (Å²) < 4.78 is 8.15. The predicted molar refractivity (Wildman–Crippen MR) is 107 cm³/mol. The minimum absolute atomic E-state index is 0.253. The van der Waals surface area contributed by atoms with Gasteiger partial charge in [0.1, 0.15) is 0 Å². The number of benzene rings is 2. The maximum atomic E-state index is 9.09. The number of imidazole rings is 1. The van der Waals surface area contributed by atoms with Crippen molar-refractivity contribution in [3.05, 3.63) is 71.9 Å². The van der Waals surface area contributed by atoms with Gasteiger partial charge in [0.15, 0.2) is 5.16 Å². The van der Waals surface area contributed by atoms with Crippen LogP contribution in [0.3, 0.4) is 0 Å². The van der Waals surface area contributed by atoms with Crippen LogP contribution in [0.25, 0.3) is 11.3 Å². The van der Waals surface area contributed by atoms with E-state index in [1.807, 2.05) is 30.5 Å². The first-order valence-corrected chi connectivity index (χ1v) is 10.2. The first kappa shape index (κ1) is 17.8. The number of nitriles is 1. The number of ether oxygens (including phenoxy) is 1. The Morgan fingerprint density at radius 1 is 1.19 bits per heavy atom. The van der Waals surface area contributed by atoms with E-state index in [1.165, 1.54) is 5.56 Å². The fourth-order valence-corrected chi connectivity index (χ4v) is 4.29. The molecule has 1 aliphatic heterocycles. The second-order valence-corrected chi connectivity index (χ2v) is 7.58. The fraction of sp³-hybridized carbons (Fsp3) is 0.273. The molecule has 1 atom stereocenters. The van der Waals surface area contributed by atoms with Gasteiger partial charge in [-0.05, 0) is 36.1 Å². The van der Waals surface area contributed by atoms with Gasteiger partial charge in [0.2, 0.25) is 0 Å². The summed E-state index contributed by atoms with van der Waals surface area (Å²) in [7, 11) is 0. The SMILES string of the molecule is N#Cc1cccc(CSc2ncc(-c3ccccc3)n2CC2CCCO2)c1. The van der Waals surface area contributed by atoms with Crippen LogP contribution >= 0.6 is 11.8 Å². The van der Waals surface area contributed by atoms with E-state index < -0.39 is 0 Å². The minimum atomic E-state index is 0.253. The molecule has 27 heavy (non-hydrogen) atoms. The zero-order chi connectivity index (χ0) is 18.5. The molecule has 0 bridgehead atoms. The molecule has 1 saturated heterocycles. The second kappa shape index (κ2) is 8.43. The van der Waals surface area contributed by atoms with Crippen molar-refractivity contribution < 1.29 is 4.74 Å². The Balaban J connectivity index is 1.59. The zero-order valence-electron chi connectivity index (χ0n) is 15.0. The van der Waals surface area contributed by atoms with Crippen LogP contribution in [0.5, 0.6) is 0 Å².